The van der Waals surface area contributed by atoms with E-state index in [4.69, 9.17) is 9.47 Å². The number of hydrogen-bond donors (Lipinski definition) is 0. The molecular formula is C22H40O2. The van der Waals surface area contributed by atoms with Crippen LogP contribution in [0.4, 0.5) is 0 Å². The third-order valence-electron chi connectivity index (χ3n) is 7.57. The van der Waals surface area contributed by atoms with Crippen molar-refractivity contribution in [1.29, 1.82) is 0 Å². The Hall–Kier alpha value is -0.0800. The summed E-state index contributed by atoms with van der Waals surface area (Å²) in [5.41, 5.74) is 0.315. The summed E-state index contributed by atoms with van der Waals surface area (Å²) in [5.74, 6) is 4.76. The van der Waals surface area contributed by atoms with Crippen LogP contribution in [-0.4, -0.2) is 19.0 Å². The van der Waals surface area contributed by atoms with Crippen LogP contribution >= 0.6 is 0 Å². The summed E-state index contributed by atoms with van der Waals surface area (Å²) in [6.07, 6.45) is 7.57. The molecule has 1 heterocycles. The van der Waals surface area contributed by atoms with Crippen molar-refractivity contribution in [1.82, 2.24) is 0 Å². The van der Waals surface area contributed by atoms with Crippen molar-refractivity contribution in [2.24, 2.45) is 40.9 Å². The number of ether oxygens (including phenoxy) is 2. The molecule has 2 aliphatic carbocycles. The van der Waals surface area contributed by atoms with E-state index in [0.717, 1.165) is 55.1 Å². The lowest BCUT2D eigenvalue weighted by atomic mass is 9.60. The van der Waals surface area contributed by atoms with Gasteiger partial charge in [0.15, 0.2) is 5.79 Å². The van der Waals surface area contributed by atoms with Crippen LogP contribution in [0.5, 0.6) is 0 Å². The first kappa shape index (κ1) is 18.7. The molecule has 4 atom stereocenters. The Bertz CT molecular complexity index is 420. The first-order valence-electron chi connectivity index (χ1n) is 10.6. The fourth-order valence-electron chi connectivity index (χ4n) is 6.52. The van der Waals surface area contributed by atoms with Crippen molar-refractivity contribution in [3.8, 4) is 0 Å². The predicted octanol–water partition coefficient (Wildman–Crippen LogP) is 5.90. The van der Waals surface area contributed by atoms with Gasteiger partial charge in [0.05, 0.1) is 13.2 Å². The van der Waals surface area contributed by atoms with E-state index in [1.54, 1.807) is 0 Å². The molecule has 3 aliphatic rings. The van der Waals surface area contributed by atoms with Gasteiger partial charge in [-0.05, 0) is 61.7 Å². The molecule has 3 rings (SSSR count). The minimum atomic E-state index is -0.326. The molecule has 0 aromatic heterocycles. The third-order valence-corrected chi connectivity index (χ3v) is 7.57. The number of hydrogen-bond acceptors (Lipinski definition) is 2. The highest BCUT2D eigenvalue weighted by atomic mass is 16.7. The van der Waals surface area contributed by atoms with Gasteiger partial charge < -0.3 is 9.47 Å². The van der Waals surface area contributed by atoms with Crippen molar-refractivity contribution in [3.05, 3.63) is 0 Å². The zero-order valence-electron chi connectivity index (χ0n) is 16.9. The first-order valence-corrected chi connectivity index (χ1v) is 10.6. The molecule has 24 heavy (non-hydrogen) atoms. The lowest BCUT2D eigenvalue weighted by Crippen LogP contribution is -2.53. The van der Waals surface area contributed by atoms with Crippen molar-refractivity contribution < 1.29 is 9.47 Å². The molecular weight excluding hydrogens is 296 g/mol. The summed E-state index contributed by atoms with van der Waals surface area (Å²) in [4.78, 5) is 0. The van der Waals surface area contributed by atoms with Gasteiger partial charge in [0.2, 0.25) is 0 Å². The van der Waals surface area contributed by atoms with Gasteiger partial charge >= 0.3 is 0 Å². The molecule has 0 N–H and O–H groups in total. The normalized spacial score (nSPS) is 45.0. The largest absolute Gasteiger partial charge is 0.350 e. The fourth-order valence-corrected chi connectivity index (χ4v) is 6.52. The summed E-state index contributed by atoms with van der Waals surface area (Å²) >= 11 is 0. The first-order chi connectivity index (χ1) is 11.3. The summed E-state index contributed by atoms with van der Waals surface area (Å²) in [7, 11) is 0. The highest BCUT2D eigenvalue weighted by Gasteiger charge is 2.62. The van der Waals surface area contributed by atoms with E-state index >= 15 is 0 Å². The summed E-state index contributed by atoms with van der Waals surface area (Å²) in [5, 5.41) is 0. The number of unbranched alkanes of at least 4 members (excludes halogenated alkanes) is 2. The van der Waals surface area contributed by atoms with Crippen molar-refractivity contribution in [2.45, 2.75) is 85.9 Å². The molecule has 2 bridgehead atoms. The quantitative estimate of drug-likeness (QED) is 0.562. The second-order valence-corrected chi connectivity index (χ2v) is 9.98. The molecule has 2 saturated carbocycles. The van der Waals surface area contributed by atoms with Crippen LogP contribution in [0, 0.1) is 40.9 Å². The zero-order valence-corrected chi connectivity index (χ0v) is 16.9. The highest BCUT2D eigenvalue weighted by Crippen LogP contribution is 2.65. The zero-order chi connectivity index (χ0) is 17.5. The number of rotatable bonds is 6. The van der Waals surface area contributed by atoms with Crippen LogP contribution in [0.15, 0.2) is 0 Å². The van der Waals surface area contributed by atoms with E-state index in [-0.39, 0.29) is 5.79 Å². The maximum absolute atomic E-state index is 6.40. The Kier molecular flexibility index (Phi) is 5.39. The van der Waals surface area contributed by atoms with Crippen LogP contribution < -0.4 is 0 Å². The molecule has 3 fully saturated rings. The van der Waals surface area contributed by atoms with Gasteiger partial charge in [0.1, 0.15) is 0 Å². The van der Waals surface area contributed by atoms with Crippen molar-refractivity contribution in [3.63, 3.8) is 0 Å². The minimum Gasteiger partial charge on any atom is -0.350 e. The molecule has 2 heteroatoms. The van der Waals surface area contributed by atoms with Crippen molar-refractivity contribution in [2.75, 3.05) is 13.2 Å². The SMILES string of the molecule is CCCCCC1(C)OCC2(CO1)CC1CC2C(C(C)C)C1C(C)C. The monoisotopic (exact) mass is 336 g/mol. The molecule has 0 radical (unpaired) electrons. The van der Waals surface area contributed by atoms with Crippen LogP contribution in [0.25, 0.3) is 0 Å². The van der Waals surface area contributed by atoms with E-state index in [2.05, 4.69) is 41.5 Å². The molecule has 140 valence electrons. The van der Waals surface area contributed by atoms with Gasteiger partial charge in [-0.25, -0.2) is 0 Å². The number of fused-ring (bicyclic) bond motifs is 3. The van der Waals surface area contributed by atoms with Crippen LogP contribution in [-0.2, 0) is 9.47 Å². The average molecular weight is 337 g/mol. The van der Waals surface area contributed by atoms with Crippen molar-refractivity contribution >= 4 is 0 Å². The second kappa shape index (κ2) is 6.91. The Morgan fingerprint density at radius 1 is 0.958 bits per heavy atom. The van der Waals surface area contributed by atoms with E-state index in [1.165, 1.54) is 32.1 Å². The Morgan fingerprint density at radius 3 is 2.12 bits per heavy atom. The third kappa shape index (κ3) is 3.18. The van der Waals surface area contributed by atoms with Crippen LogP contribution in [0.2, 0.25) is 0 Å². The minimum absolute atomic E-state index is 0.315. The fraction of sp³-hybridized carbons (Fsp3) is 1.00. The van der Waals surface area contributed by atoms with E-state index in [9.17, 15) is 0 Å². The molecule has 1 spiro atoms. The predicted molar refractivity (Wildman–Crippen MR) is 99.8 cm³/mol. The van der Waals surface area contributed by atoms with Gasteiger partial charge in [0, 0.05) is 11.8 Å². The maximum Gasteiger partial charge on any atom is 0.165 e. The Labute approximate surface area is 150 Å². The molecule has 0 amide bonds. The van der Waals surface area contributed by atoms with Gasteiger partial charge in [0.25, 0.3) is 0 Å². The van der Waals surface area contributed by atoms with Crippen LogP contribution in [0.3, 0.4) is 0 Å². The van der Waals surface area contributed by atoms with Gasteiger partial charge in [-0.2, -0.15) is 0 Å². The van der Waals surface area contributed by atoms with E-state index < -0.39 is 0 Å². The molecule has 2 nitrogen and oxygen atoms in total. The molecule has 4 unspecified atom stereocenters. The van der Waals surface area contributed by atoms with E-state index in [1.807, 2.05) is 0 Å². The summed E-state index contributed by atoms with van der Waals surface area (Å²) < 4.78 is 12.8. The standard InChI is InChI=1S/C22H40O2/c1-7-8-9-10-21(6)23-13-22(14-24-21)12-17-11-18(22)20(16(4)5)19(17)15(2)3/h15-20H,7-14H2,1-6H3. The Balaban J connectivity index is 1.67. The maximum atomic E-state index is 6.40. The lowest BCUT2D eigenvalue weighted by molar-refractivity contribution is -0.310. The highest BCUT2D eigenvalue weighted by molar-refractivity contribution is 5.09. The van der Waals surface area contributed by atoms with E-state index in [0.29, 0.717) is 5.41 Å². The average Bonchev–Trinajstić information content (AvgIpc) is 3.06. The molecule has 0 aromatic rings. The summed E-state index contributed by atoms with van der Waals surface area (Å²) in [6, 6.07) is 0. The van der Waals surface area contributed by atoms with Gasteiger partial charge in [-0.15, -0.1) is 0 Å². The molecule has 1 aliphatic heterocycles. The lowest BCUT2D eigenvalue weighted by Gasteiger charge is -2.52. The van der Waals surface area contributed by atoms with Crippen LogP contribution in [0.1, 0.15) is 80.1 Å². The Morgan fingerprint density at radius 2 is 1.58 bits per heavy atom. The summed E-state index contributed by atoms with van der Waals surface area (Å²) in [6.45, 7) is 16.0. The topological polar surface area (TPSA) is 18.5 Å². The second-order valence-electron chi connectivity index (χ2n) is 9.98. The molecule has 0 aromatic carbocycles. The smallest absolute Gasteiger partial charge is 0.165 e. The molecule has 1 saturated heterocycles. The van der Waals surface area contributed by atoms with Gasteiger partial charge in [-0.1, -0.05) is 47.5 Å². The van der Waals surface area contributed by atoms with Gasteiger partial charge in [-0.3, -0.25) is 0 Å².